The molecule has 1 N–H and O–H groups in total. The van der Waals surface area contributed by atoms with E-state index in [0.717, 1.165) is 31.8 Å². The van der Waals surface area contributed by atoms with E-state index in [4.69, 9.17) is 4.74 Å². The van der Waals surface area contributed by atoms with Gasteiger partial charge in [-0.2, -0.15) is 0 Å². The molecule has 24 heavy (non-hydrogen) atoms. The van der Waals surface area contributed by atoms with E-state index in [0.29, 0.717) is 5.92 Å². The second-order valence-electron chi connectivity index (χ2n) is 7.32. The van der Waals surface area contributed by atoms with Crippen molar-refractivity contribution in [3.8, 4) is 5.75 Å². The Hall–Kier alpha value is -1.10. The van der Waals surface area contributed by atoms with Crippen molar-refractivity contribution in [2.45, 2.75) is 44.8 Å². The maximum Gasteiger partial charge on any atom is 0.118 e. The first-order chi connectivity index (χ1) is 11.7. The first-order valence-corrected chi connectivity index (χ1v) is 9.48. The van der Waals surface area contributed by atoms with Crippen molar-refractivity contribution in [1.82, 2.24) is 9.80 Å². The van der Waals surface area contributed by atoms with Gasteiger partial charge in [0, 0.05) is 25.0 Å². The number of rotatable bonds is 6. The number of ether oxygens (including phenoxy) is 1. The Morgan fingerprint density at radius 3 is 2.46 bits per heavy atom. The lowest BCUT2D eigenvalue weighted by molar-refractivity contribution is 0.0768. The van der Waals surface area contributed by atoms with Gasteiger partial charge in [-0.3, -0.25) is 4.90 Å². The molecule has 1 aromatic carbocycles. The monoisotopic (exact) mass is 332 g/mol. The zero-order chi connectivity index (χ0) is 16.9. The Labute approximate surface area is 146 Å². The Balaban J connectivity index is 1.62. The van der Waals surface area contributed by atoms with E-state index in [9.17, 15) is 5.11 Å². The molecule has 0 amide bonds. The topological polar surface area (TPSA) is 35.9 Å². The van der Waals surface area contributed by atoms with Crippen molar-refractivity contribution in [3.05, 3.63) is 29.8 Å². The van der Waals surface area contributed by atoms with Crippen molar-refractivity contribution in [1.29, 1.82) is 0 Å². The van der Waals surface area contributed by atoms with Gasteiger partial charge < -0.3 is 14.7 Å². The smallest absolute Gasteiger partial charge is 0.118 e. The molecule has 134 valence electrons. The van der Waals surface area contributed by atoms with E-state index >= 15 is 0 Å². The van der Waals surface area contributed by atoms with Gasteiger partial charge in [0.1, 0.15) is 5.75 Å². The Morgan fingerprint density at radius 2 is 1.83 bits per heavy atom. The van der Waals surface area contributed by atoms with Crippen molar-refractivity contribution >= 4 is 0 Å². The highest BCUT2D eigenvalue weighted by Crippen LogP contribution is 2.28. The third-order valence-corrected chi connectivity index (χ3v) is 5.77. The summed E-state index contributed by atoms with van der Waals surface area (Å²) in [4.78, 5) is 5.02. The average Bonchev–Trinajstić information content (AvgIpc) is 2.92. The number of aliphatic hydroxyl groups excluding tert-OH is 1. The fraction of sp³-hybridized carbons (Fsp3) is 0.700. The minimum Gasteiger partial charge on any atom is -0.497 e. The highest BCUT2D eigenvalue weighted by Gasteiger charge is 2.40. The zero-order valence-electron chi connectivity index (χ0n) is 15.2. The lowest BCUT2D eigenvalue weighted by atomic mass is 9.95. The summed E-state index contributed by atoms with van der Waals surface area (Å²) in [6.45, 7) is 7.70. The molecule has 0 aliphatic carbocycles. The molecule has 3 rings (SSSR count). The number of piperidine rings is 1. The summed E-state index contributed by atoms with van der Waals surface area (Å²) in [6.07, 6.45) is 4.68. The molecule has 3 unspecified atom stereocenters. The number of hydrogen-bond acceptors (Lipinski definition) is 4. The zero-order valence-corrected chi connectivity index (χ0v) is 15.2. The van der Waals surface area contributed by atoms with E-state index in [1.54, 1.807) is 7.11 Å². The van der Waals surface area contributed by atoms with E-state index in [2.05, 4.69) is 28.9 Å². The van der Waals surface area contributed by atoms with E-state index in [1.807, 2.05) is 12.1 Å². The summed E-state index contributed by atoms with van der Waals surface area (Å²) < 4.78 is 5.24. The third-order valence-electron chi connectivity index (χ3n) is 5.77. The number of aliphatic hydroxyl groups is 1. The van der Waals surface area contributed by atoms with E-state index in [1.165, 1.54) is 37.9 Å². The molecule has 0 spiro atoms. The molecule has 2 aliphatic rings. The summed E-state index contributed by atoms with van der Waals surface area (Å²) in [5.74, 6) is 1.27. The second-order valence-corrected chi connectivity index (χ2v) is 7.32. The van der Waals surface area contributed by atoms with Gasteiger partial charge >= 0.3 is 0 Å². The lowest BCUT2D eigenvalue weighted by Gasteiger charge is -2.30. The minimum absolute atomic E-state index is 0.228. The van der Waals surface area contributed by atoms with Gasteiger partial charge in [0.15, 0.2) is 0 Å². The molecule has 1 aromatic rings. The lowest BCUT2D eigenvalue weighted by Crippen LogP contribution is -2.40. The van der Waals surface area contributed by atoms with Crippen LogP contribution in [0.4, 0.5) is 0 Å². The van der Waals surface area contributed by atoms with Crippen molar-refractivity contribution < 1.29 is 9.84 Å². The molecule has 0 aromatic heterocycles. The van der Waals surface area contributed by atoms with Gasteiger partial charge in [0.25, 0.3) is 0 Å². The standard InChI is InChI=1S/C20H32N2O2/c1-3-22-15-17(14-21-11-5-4-6-12-21)20(23)19(22)13-16-7-9-18(24-2)10-8-16/h7-10,17,19-20,23H,3-6,11-15H2,1-2H3. The maximum absolute atomic E-state index is 10.9. The van der Waals surface area contributed by atoms with Gasteiger partial charge in [-0.1, -0.05) is 25.5 Å². The molecule has 2 fully saturated rings. The van der Waals surface area contributed by atoms with Gasteiger partial charge in [0.05, 0.1) is 13.2 Å². The molecule has 0 radical (unpaired) electrons. The summed E-state index contributed by atoms with van der Waals surface area (Å²) in [7, 11) is 1.69. The summed E-state index contributed by atoms with van der Waals surface area (Å²) in [6, 6.07) is 8.50. The van der Waals surface area contributed by atoms with Crippen LogP contribution < -0.4 is 4.74 Å². The molecular formula is C20H32N2O2. The Morgan fingerprint density at radius 1 is 1.12 bits per heavy atom. The summed E-state index contributed by atoms with van der Waals surface area (Å²) in [5.41, 5.74) is 1.27. The number of likely N-dealkylation sites (tertiary alicyclic amines) is 2. The van der Waals surface area contributed by atoms with Crippen LogP contribution in [0.1, 0.15) is 31.7 Å². The highest BCUT2D eigenvalue weighted by molar-refractivity contribution is 5.28. The van der Waals surface area contributed by atoms with Gasteiger partial charge in [-0.15, -0.1) is 0 Å². The Bertz CT molecular complexity index is 499. The second kappa shape index (κ2) is 8.32. The number of benzene rings is 1. The van der Waals surface area contributed by atoms with Crippen molar-refractivity contribution in [2.24, 2.45) is 5.92 Å². The molecule has 2 saturated heterocycles. The predicted octanol–water partition coefficient (Wildman–Crippen LogP) is 2.40. The quantitative estimate of drug-likeness (QED) is 0.868. The number of nitrogens with zero attached hydrogens (tertiary/aromatic N) is 2. The fourth-order valence-corrected chi connectivity index (χ4v) is 4.33. The van der Waals surface area contributed by atoms with Crippen LogP contribution in [0.3, 0.4) is 0 Å². The molecule has 4 heteroatoms. The molecule has 3 atom stereocenters. The van der Waals surface area contributed by atoms with Crippen LogP contribution >= 0.6 is 0 Å². The van der Waals surface area contributed by atoms with Gasteiger partial charge in [0.2, 0.25) is 0 Å². The van der Waals surface area contributed by atoms with Gasteiger partial charge in [-0.25, -0.2) is 0 Å². The average molecular weight is 332 g/mol. The van der Waals surface area contributed by atoms with E-state index < -0.39 is 0 Å². The molecule has 4 nitrogen and oxygen atoms in total. The molecule has 0 bridgehead atoms. The predicted molar refractivity (Wildman–Crippen MR) is 97.5 cm³/mol. The van der Waals surface area contributed by atoms with Gasteiger partial charge in [-0.05, 0) is 56.6 Å². The van der Waals surface area contributed by atoms with Crippen LogP contribution in [-0.4, -0.2) is 66.9 Å². The SMILES string of the molecule is CCN1CC(CN2CCCCC2)C(O)C1Cc1ccc(OC)cc1. The van der Waals surface area contributed by atoms with Crippen molar-refractivity contribution in [3.63, 3.8) is 0 Å². The molecular weight excluding hydrogens is 300 g/mol. The molecule has 2 heterocycles. The largest absolute Gasteiger partial charge is 0.497 e. The molecule has 0 saturated carbocycles. The highest BCUT2D eigenvalue weighted by atomic mass is 16.5. The fourth-order valence-electron chi connectivity index (χ4n) is 4.33. The first-order valence-electron chi connectivity index (χ1n) is 9.48. The third kappa shape index (κ3) is 4.11. The van der Waals surface area contributed by atoms with Crippen LogP contribution in [-0.2, 0) is 6.42 Å². The summed E-state index contributed by atoms with van der Waals surface area (Å²) in [5, 5.41) is 10.9. The van der Waals surface area contributed by atoms with Crippen LogP contribution in [0.15, 0.2) is 24.3 Å². The Kier molecular flexibility index (Phi) is 6.14. The van der Waals surface area contributed by atoms with Crippen LogP contribution in [0, 0.1) is 5.92 Å². The summed E-state index contributed by atoms with van der Waals surface area (Å²) >= 11 is 0. The van der Waals surface area contributed by atoms with Crippen molar-refractivity contribution in [2.75, 3.05) is 39.8 Å². The maximum atomic E-state index is 10.9. The van der Waals surface area contributed by atoms with Crippen LogP contribution in [0.5, 0.6) is 5.75 Å². The number of methoxy groups -OCH3 is 1. The number of hydrogen-bond donors (Lipinski definition) is 1. The normalized spacial score (nSPS) is 29.0. The van der Waals surface area contributed by atoms with Crippen LogP contribution in [0.2, 0.25) is 0 Å². The first kappa shape index (κ1) is 17.7. The number of likely N-dealkylation sites (N-methyl/N-ethyl adjacent to an activating group) is 1. The van der Waals surface area contributed by atoms with E-state index in [-0.39, 0.29) is 12.1 Å². The van der Waals surface area contributed by atoms with Crippen LogP contribution in [0.25, 0.3) is 0 Å². The molecule has 2 aliphatic heterocycles. The minimum atomic E-state index is -0.228.